The molecule has 0 fully saturated rings. The number of aromatic nitrogens is 4. The highest BCUT2D eigenvalue weighted by Gasteiger charge is 2.11. The SMILES string of the molecule is Cc1ccc2nc(Sc3ncnc(N)c3Br)[nH]c2c1. The van der Waals surface area contributed by atoms with Crippen LogP contribution in [0.25, 0.3) is 11.0 Å². The van der Waals surface area contributed by atoms with E-state index in [0.29, 0.717) is 10.3 Å². The molecule has 19 heavy (non-hydrogen) atoms. The fourth-order valence-electron chi connectivity index (χ4n) is 1.68. The van der Waals surface area contributed by atoms with Crippen molar-refractivity contribution in [1.82, 2.24) is 19.9 Å². The van der Waals surface area contributed by atoms with E-state index in [-0.39, 0.29) is 0 Å². The highest BCUT2D eigenvalue weighted by atomic mass is 79.9. The van der Waals surface area contributed by atoms with E-state index in [1.807, 2.05) is 12.1 Å². The maximum absolute atomic E-state index is 5.73. The molecule has 2 aromatic heterocycles. The van der Waals surface area contributed by atoms with Crippen LogP contribution >= 0.6 is 27.7 Å². The van der Waals surface area contributed by atoms with Gasteiger partial charge in [0.05, 0.1) is 15.5 Å². The summed E-state index contributed by atoms with van der Waals surface area (Å²) in [6.07, 6.45) is 1.44. The second-order valence-electron chi connectivity index (χ2n) is 4.04. The molecular weight excluding hydrogens is 326 g/mol. The third-order valence-corrected chi connectivity index (χ3v) is 4.53. The molecule has 3 aromatic rings. The number of imidazole rings is 1. The van der Waals surface area contributed by atoms with Crippen LogP contribution < -0.4 is 5.73 Å². The van der Waals surface area contributed by atoms with E-state index in [4.69, 9.17) is 5.73 Å². The van der Waals surface area contributed by atoms with Gasteiger partial charge in [-0.1, -0.05) is 6.07 Å². The van der Waals surface area contributed by atoms with Gasteiger partial charge in [-0.25, -0.2) is 15.0 Å². The number of nitrogen functional groups attached to an aromatic ring is 1. The Labute approximate surface area is 122 Å². The van der Waals surface area contributed by atoms with E-state index in [9.17, 15) is 0 Å². The first kappa shape index (κ1) is 12.4. The van der Waals surface area contributed by atoms with Crippen molar-refractivity contribution in [2.45, 2.75) is 17.1 Å². The van der Waals surface area contributed by atoms with Crippen LogP contribution in [0.15, 0.2) is 39.2 Å². The summed E-state index contributed by atoms with van der Waals surface area (Å²) in [5, 5.41) is 1.52. The predicted molar refractivity (Wildman–Crippen MR) is 79.1 cm³/mol. The lowest BCUT2D eigenvalue weighted by Gasteiger charge is -2.01. The van der Waals surface area contributed by atoms with Gasteiger partial charge in [-0.15, -0.1) is 0 Å². The number of hydrogen-bond acceptors (Lipinski definition) is 5. The Morgan fingerprint density at radius 1 is 1.32 bits per heavy atom. The van der Waals surface area contributed by atoms with Crippen LogP contribution in [-0.4, -0.2) is 19.9 Å². The van der Waals surface area contributed by atoms with Crippen LogP contribution in [0.5, 0.6) is 0 Å². The number of rotatable bonds is 2. The fraction of sp³-hybridized carbons (Fsp3) is 0.0833. The molecule has 0 aliphatic carbocycles. The van der Waals surface area contributed by atoms with Crippen LogP contribution in [0.4, 0.5) is 5.82 Å². The zero-order chi connectivity index (χ0) is 13.4. The average molecular weight is 336 g/mol. The zero-order valence-electron chi connectivity index (χ0n) is 10.0. The Morgan fingerprint density at radius 3 is 3.00 bits per heavy atom. The topological polar surface area (TPSA) is 80.5 Å². The average Bonchev–Trinajstić information content (AvgIpc) is 2.76. The number of hydrogen-bond donors (Lipinski definition) is 2. The zero-order valence-corrected chi connectivity index (χ0v) is 12.4. The van der Waals surface area contributed by atoms with Gasteiger partial charge in [0.1, 0.15) is 17.2 Å². The molecule has 0 unspecified atom stereocenters. The van der Waals surface area contributed by atoms with Gasteiger partial charge in [-0.2, -0.15) is 0 Å². The van der Waals surface area contributed by atoms with Crippen molar-refractivity contribution < 1.29 is 0 Å². The van der Waals surface area contributed by atoms with E-state index in [0.717, 1.165) is 21.2 Å². The molecule has 96 valence electrons. The van der Waals surface area contributed by atoms with Crippen LogP contribution in [-0.2, 0) is 0 Å². The van der Waals surface area contributed by atoms with Crippen molar-refractivity contribution in [1.29, 1.82) is 0 Å². The van der Waals surface area contributed by atoms with Crippen LogP contribution in [0.1, 0.15) is 5.56 Å². The van der Waals surface area contributed by atoms with E-state index in [1.54, 1.807) is 0 Å². The highest BCUT2D eigenvalue weighted by Crippen LogP contribution is 2.33. The van der Waals surface area contributed by atoms with E-state index in [1.165, 1.54) is 23.7 Å². The van der Waals surface area contributed by atoms with Gasteiger partial charge in [-0.3, -0.25) is 0 Å². The number of H-pyrrole nitrogens is 1. The molecule has 7 heteroatoms. The summed E-state index contributed by atoms with van der Waals surface area (Å²) in [4.78, 5) is 15.9. The van der Waals surface area contributed by atoms with Crippen LogP contribution in [0, 0.1) is 6.92 Å². The van der Waals surface area contributed by atoms with Crippen molar-refractivity contribution >= 4 is 44.5 Å². The second-order valence-corrected chi connectivity index (χ2v) is 5.81. The molecule has 0 spiro atoms. The highest BCUT2D eigenvalue weighted by molar-refractivity contribution is 9.10. The monoisotopic (exact) mass is 335 g/mol. The molecule has 0 amide bonds. The van der Waals surface area contributed by atoms with Gasteiger partial charge in [0.15, 0.2) is 5.16 Å². The summed E-state index contributed by atoms with van der Waals surface area (Å²) < 4.78 is 0.691. The first-order valence-corrected chi connectivity index (χ1v) is 7.14. The molecule has 3 N–H and O–H groups in total. The maximum atomic E-state index is 5.73. The molecule has 5 nitrogen and oxygen atoms in total. The number of aromatic amines is 1. The quantitative estimate of drug-likeness (QED) is 0.703. The number of nitrogens with one attached hydrogen (secondary N) is 1. The molecule has 3 rings (SSSR count). The number of anilines is 1. The molecule has 0 saturated carbocycles. The number of benzene rings is 1. The van der Waals surface area contributed by atoms with Gasteiger partial charge in [0.25, 0.3) is 0 Å². The van der Waals surface area contributed by atoms with Crippen molar-refractivity contribution in [2.75, 3.05) is 5.73 Å². The summed E-state index contributed by atoms with van der Waals surface area (Å²) in [5.74, 6) is 0.421. The summed E-state index contributed by atoms with van der Waals surface area (Å²) in [6, 6.07) is 6.10. The third-order valence-electron chi connectivity index (χ3n) is 2.59. The summed E-state index contributed by atoms with van der Waals surface area (Å²) >= 11 is 4.80. The Bertz CT molecular complexity index is 755. The van der Waals surface area contributed by atoms with Crippen molar-refractivity contribution in [3.8, 4) is 0 Å². The Kier molecular flexibility index (Phi) is 3.16. The number of fused-ring (bicyclic) bond motifs is 1. The normalized spacial score (nSPS) is 11.1. The Hall–Kier alpha value is -1.60. The molecule has 0 aliphatic rings. The molecular formula is C12H10BrN5S. The van der Waals surface area contributed by atoms with E-state index < -0.39 is 0 Å². The Morgan fingerprint density at radius 2 is 2.16 bits per heavy atom. The smallest absolute Gasteiger partial charge is 0.172 e. The van der Waals surface area contributed by atoms with Crippen molar-refractivity contribution in [2.24, 2.45) is 0 Å². The van der Waals surface area contributed by atoms with Crippen LogP contribution in [0.3, 0.4) is 0 Å². The lowest BCUT2D eigenvalue weighted by atomic mass is 10.2. The molecule has 0 aliphatic heterocycles. The van der Waals surface area contributed by atoms with Crippen molar-refractivity contribution in [3.63, 3.8) is 0 Å². The number of nitrogens with zero attached hydrogens (tertiary/aromatic N) is 3. The maximum Gasteiger partial charge on any atom is 0.172 e. The number of nitrogens with two attached hydrogens (primary N) is 1. The molecule has 1 aromatic carbocycles. The Balaban J connectivity index is 1.99. The third kappa shape index (κ3) is 2.43. The largest absolute Gasteiger partial charge is 0.383 e. The van der Waals surface area contributed by atoms with Gasteiger partial charge in [0, 0.05) is 0 Å². The standard InChI is InChI=1S/C12H10BrN5S/c1-6-2-3-7-8(4-6)18-12(17-7)19-11-9(13)10(14)15-5-16-11/h2-5H,1H3,(H,17,18)(H2,14,15,16). The van der Waals surface area contributed by atoms with Crippen molar-refractivity contribution in [3.05, 3.63) is 34.6 Å². The van der Waals surface area contributed by atoms with Crippen LogP contribution in [0.2, 0.25) is 0 Å². The summed E-state index contributed by atoms with van der Waals surface area (Å²) in [5.41, 5.74) is 8.87. The van der Waals surface area contributed by atoms with E-state index in [2.05, 4.69) is 48.9 Å². The second kappa shape index (κ2) is 4.82. The fourth-order valence-corrected chi connectivity index (χ4v) is 2.91. The molecule has 2 heterocycles. The summed E-state index contributed by atoms with van der Waals surface area (Å²) in [6.45, 7) is 2.05. The molecule has 0 bridgehead atoms. The first-order chi connectivity index (χ1) is 9.13. The molecule has 0 radical (unpaired) electrons. The van der Waals surface area contributed by atoms with Gasteiger partial charge in [0.2, 0.25) is 0 Å². The van der Waals surface area contributed by atoms with Gasteiger partial charge < -0.3 is 10.7 Å². The minimum absolute atomic E-state index is 0.421. The minimum Gasteiger partial charge on any atom is -0.383 e. The van der Waals surface area contributed by atoms with E-state index >= 15 is 0 Å². The lowest BCUT2D eigenvalue weighted by molar-refractivity contribution is 1.01. The van der Waals surface area contributed by atoms with Gasteiger partial charge >= 0.3 is 0 Å². The number of halogens is 1. The lowest BCUT2D eigenvalue weighted by Crippen LogP contribution is -1.94. The molecule has 0 saturated heterocycles. The minimum atomic E-state index is 0.421. The first-order valence-electron chi connectivity index (χ1n) is 5.53. The number of aryl methyl sites for hydroxylation is 1. The van der Waals surface area contributed by atoms with Gasteiger partial charge in [-0.05, 0) is 52.3 Å². The summed E-state index contributed by atoms with van der Waals surface area (Å²) in [7, 11) is 0. The predicted octanol–water partition coefficient (Wildman–Crippen LogP) is 3.16. The molecule has 0 atom stereocenters.